The Morgan fingerprint density at radius 2 is 2.17 bits per heavy atom. The maximum Gasteiger partial charge on any atom is 0.162 e. The highest BCUT2D eigenvalue weighted by Gasteiger charge is 2.25. The fourth-order valence-corrected chi connectivity index (χ4v) is 3.64. The van der Waals surface area contributed by atoms with Crippen LogP contribution in [0.25, 0.3) is 11.0 Å². The summed E-state index contributed by atoms with van der Waals surface area (Å²) in [4.78, 5) is 8.56. The number of nitrogens with zero attached hydrogens (tertiary/aromatic N) is 4. The second-order valence-corrected chi connectivity index (χ2v) is 5.92. The van der Waals surface area contributed by atoms with Crippen molar-refractivity contribution in [1.29, 1.82) is 0 Å². The molecule has 0 spiro atoms. The van der Waals surface area contributed by atoms with E-state index in [9.17, 15) is 5.11 Å². The monoisotopic (exact) mass is 264 g/mol. The van der Waals surface area contributed by atoms with Crippen LogP contribution in [0.2, 0.25) is 0 Å². The first-order valence-electron chi connectivity index (χ1n) is 6.23. The zero-order valence-corrected chi connectivity index (χ0v) is 11.1. The maximum atomic E-state index is 10.0. The Hall–Kier alpha value is -1.14. The van der Waals surface area contributed by atoms with Crippen molar-refractivity contribution >= 4 is 22.8 Å². The number of aliphatic hydroxyl groups excluding tert-OH is 1. The molecule has 1 saturated carbocycles. The van der Waals surface area contributed by atoms with Crippen molar-refractivity contribution in [2.75, 3.05) is 0 Å². The van der Waals surface area contributed by atoms with E-state index in [0.29, 0.717) is 0 Å². The number of hydrogen-bond acceptors (Lipinski definition) is 5. The number of rotatable bonds is 2. The van der Waals surface area contributed by atoms with Crippen LogP contribution in [0.5, 0.6) is 0 Å². The lowest BCUT2D eigenvalue weighted by Crippen LogP contribution is -2.26. The highest BCUT2D eigenvalue weighted by Crippen LogP contribution is 2.35. The van der Waals surface area contributed by atoms with Gasteiger partial charge in [-0.25, -0.2) is 9.97 Å². The molecule has 1 N–H and O–H groups in total. The zero-order chi connectivity index (χ0) is 12.5. The smallest absolute Gasteiger partial charge is 0.162 e. The van der Waals surface area contributed by atoms with E-state index >= 15 is 0 Å². The van der Waals surface area contributed by atoms with Crippen molar-refractivity contribution < 1.29 is 5.11 Å². The topological polar surface area (TPSA) is 63.8 Å². The van der Waals surface area contributed by atoms with Crippen LogP contribution in [0.1, 0.15) is 25.7 Å². The lowest BCUT2D eigenvalue weighted by molar-refractivity contribution is 0.137. The third-order valence-electron chi connectivity index (χ3n) is 3.42. The summed E-state index contributed by atoms with van der Waals surface area (Å²) in [6.45, 7) is 0. The van der Waals surface area contributed by atoms with Crippen LogP contribution in [0.3, 0.4) is 0 Å². The first-order chi connectivity index (χ1) is 8.75. The van der Waals surface area contributed by atoms with Crippen LogP contribution >= 0.6 is 11.8 Å². The lowest BCUT2D eigenvalue weighted by atomic mass is 9.97. The highest BCUT2D eigenvalue weighted by molar-refractivity contribution is 8.00. The molecule has 3 rings (SSSR count). The quantitative estimate of drug-likeness (QED) is 0.837. The van der Waals surface area contributed by atoms with Gasteiger partial charge >= 0.3 is 0 Å². The van der Waals surface area contributed by atoms with Gasteiger partial charge in [0.15, 0.2) is 5.65 Å². The molecule has 2 aromatic rings. The average molecular weight is 264 g/mol. The van der Waals surface area contributed by atoms with Crippen molar-refractivity contribution in [3.05, 3.63) is 12.5 Å². The molecule has 2 heterocycles. The molecule has 0 saturated heterocycles. The summed E-state index contributed by atoms with van der Waals surface area (Å²) in [5.74, 6) is 0. The summed E-state index contributed by atoms with van der Waals surface area (Å²) in [5, 5.41) is 16.4. The lowest BCUT2D eigenvalue weighted by Gasteiger charge is -2.26. The van der Waals surface area contributed by atoms with Gasteiger partial charge in [-0.2, -0.15) is 5.10 Å². The highest BCUT2D eigenvalue weighted by atomic mass is 32.2. The molecule has 0 bridgehead atoms. The van der Waals surface area contributed by atoms with Gasteiger partial charge in [0.1, 0.15) is 11.4 Å². The number of fused-ring (bicyclic) bond motifs is 1. The van der Waals surface area contributed by atoms with E-state index in [0.717, 1.165) is 35.3 Å². The van der Waals surface area contributed by atoms with Gasteiger partial charge < -0.3 is 5.11 Å². The first-order valence-corrected chi connectivity index (χ1v) is 7.11. The molecule has 2 unspecified atom stereocenters. The minimum atomic E-state index is -0.217. The number of aromatic nitrogens is 4. The molecule has 0 aliphatic heterocycles. The minimum Gasteiger partial charge on any atom is -0.392 e. The fourth-order valence-electron chi connectivity index (χ4n) is 2.39. The standard InChI is InChI=1S/C12H16N4OS/c1-16-11-8(6-15-16)12(14-7-13-11)18-10-5-3-2-4-9(10)17/h6-7,9-10,17H,2-5H2,1H3. The molecule has 0 radical (unpaired) electrons. The molecule has 96 valence electrons. The van der Waals surface area contributed by atoms with Gasteiger partial charge in [0.25, 0.3) is 0 Å². The van der Waals surface area contributed by atoms with Crippen LogP contribution in [0.4, 0.5) is 0 Å². The van der Waals surface area contributed by atoms with Crippen molar-refractivity contribution in [2.45, 2.75) is 42.1 Å². The van der Waals surface area contributed by atoms with Gasteiger partial charge in [-0.05, 0) is 12.8 Å². The molecule has 1 aliphatic carbocycles. The second kappa shape index (κ2) is 4.85. The molecular weight excluding hydrogens is 248 g/mol. The van der Waals surface area contributed by atoms with E-state index in [2.05, 4.69) is 15.1 Å². The van der Waals surface area contributed by atoms with Crippen LogP contribution in [0.15, 0.2) is 17.6 Å². The number of aliphatic hydroxyl groups is 1. The van der Waals surface area contributed by atoms with Gasteiger partial charge in [0.2, 0.25) is 0 Å². The van der Waals surface area contributed by atoms with Crippen LogP contribution in [0, 0.1) is 0 Å². The van der Waals surface area contributed by atoms with E-state index < -0.39 is 0 Å². The molecule has 5 nitrogen and oxygen atoms in total. The van der Waals surface area contributed by atoms with Crippen LogP contribution in [-0.2, 0) is 7.05 Å². The summed E-state index contributed by atoms with van der Waals surface area (Å²) in [5.41, 5.74) is 0.845. The van der Waals surface area contributed by atoms with E-state index in [1.807, 2.05) is 7.05 Å². The Balaban J connectivity index is 1.90. The Morgan fingerprint density at radius 3 is 3.00 bits per heavy atom. The van der Waals surface area contributed by atoms with Gasteiger partial charge in [-0.1, -0.05) is 24.6 Å². The predicted octanol–water partition coefficient (Wildman–Crippen LogP) is 1.76. The summed E-state index contributed by atoms with van der Waals surface area (Å²) in [6, 6.07) is 0. The molecule has 1 fully saturated rings. The predicted molar refractivity (Wildman–Crippen MR) is 70.4 cm³/mol. The largest absolute Gasteiger partial charge is 0.392 e. The van der Waals surface area contributed by atoms with E-state index in [1.165, 1.54) is 6.42 Å². The van der Waals surface area contributed by atoms with Crippen molar-refractivity contribution in [2.24, 2.45) is 7.05 Å². The Kier molecular flexibility index (Phi) is 3.22. The second-order valence-electron chi connectivity index (χ2n) is 4.69. The normalized spacial score (nSPS) is 24.6. The fraction of sp³-hybridized carbons (Fsp3) is 0.583. The van der Waals surface area contributed by atoms with Gasteiger partial charge in [0.05, 0.1) is 17.7 Å². The third kappa shape index (κ3) is 2.10. The molecule has 18 heavy (non-hydrogen) atoms. The molecule has 6 heteroatoms. The maximum absolute atomic E-state index is 10.0. The zero-order valence-electron chi connectivity index (χ0n) is 10.3. The third-order valence-corrected chi connectivity index (χ3v) is 4.82. The summed E-state index contributed by atoms with van der Waals surface area (Å²) < 4.78 is 1.75. The summed E-state index contributed by atoms with van der Waals surface area (Å²) in [7, 11) is 1.87. The Bertz CT molecular complexity index is 556. The van der Waals surface area contributed by atoms with E-state index in [4.69, 9.17) is 0 Å². The number of thioether (sulfide) groups is 1. The summed E-state index contributed by atoms with van der Waals surface area (Å²) >= 11 is 1.66. The summed E-state index contributed by atoms with van der Waals surface area (Å²) in [6.07, 6.45) is 7.43. The average Bonchev–Trinajstić information content (AvgIpc) is 2.76. The van der Waals surface area contributed by atoms with Crippen molar-refractivity contribution in [3.8, 4) is 0 Å². The molecular formula is C12H16N4OS. The molecule has 0 aromatic carbocycles. The minimum absolute atomic E-state index is 0.217. The molecule has 0 amide bonds. The van der Waals surface area contributed by atoms with Gasteiger partial charge in [-0.3, -0.25) is 4.68 Å². The number of hydrogen-bond donors (Lipinski definition) is 1. The van der Waals surface area contributed by atoms with E-state index in [-0.39, 0.29) is 11.4 Å². The van der Waals surface area contributed by atoms with Gasteiger partial charge in [0, 0.05) is 12.3 Å². The Morgan fingerprint density at radius 1 is 1.33 bits per heavy atom. The first kappa shape index (κ1) is 11.9. The van der Waals surface area contributed by atoms with Crippen molar-refractivity contribution in [1.82, 2.24) is 19.7 Å². The molecule has 2 aromatic heterocycles. The Labute approximate surface area is 110 Å². The van der Waals surface area contributed by atoms with Gasteiger partial charge in [-0.15, -0.1) is 0 Å². The molecule has 1 aliphatic rings. The SMILES string of the molecule is Cn1ncc2c(SC3CCCCC3O)ncnc21. The molecule has 2 atom stereocenters. The van der Waals surface area contributed by atoms with E-state index in [1.54, 1.807) is 29.0 Å². The van der Waals surface area contributed by atoms with Crippen LogP contribution < -0.4 is 0 Å². The van der Waals surface area contributed by atoms with Crippen LogP contribution in [-0.4, -0.2) is 36.2 Å². The number of aryl methyl sites for hydroxylation is 1. The van der Waals surface area contributed by atoms with Crippen molar-refractivity contribution in [3.63, 3.8) is 0 Å².